The molecule has 4 aromatic heterocycles. The van der Waals surface area contributed by atoms with Gasteiger partial charge < -0.3 is 4.57 Å². The van der Waals surface area contributed by atoms with Crippen LogP contribution in [-0.4, -0.2) is 23.9 Å². The van der Waals surface area contributed by atoms with E-state index in [1.165, 1.54) is 21.8 Å². The van der Waals surface area contributed by atoms with Crippen molar-refractivity contribution in [1.82, 2.24) is 23.9 Å². The first kappa shape index (κ1) is 28.7. The number of aromatic nitrogens is 5. The first-order chi connectivity index (χ1) is 25.8. The smallest absolute Gasteiger partial charge is 0.160 e. The molecular formula is C47H29N5. The lowest BCUT2D eigenvalue weighted by molar-refractivity contribution is 1.18. The van der Waals surface area contributed by atoms with Crippen LogP contribution in [-0.2, 0) is 0 Å². The van der Waals surface area contributed by atoms with Crippen molar-refractivity contribution in [1.29, 1.82) is 0 Å². The highest BCUT2D eigenvalue weighted by atomic mass is 15.0. The van der Waals surface area contributed by atoms with Gasteiger partial charge in [0.05, 0.1) is 33.3 Å². The summed E-state index contributed by atoms with van der Waals surface area (Å²) in [5, 5.41) is 4.54. The summed E-state index contributed by atoms with van der Waals surface area (Å²) in [6.07, 6.45) is 0. The molecule has 11 rings (SSSR count). The molecule has 5 nitrogen and oxygen atoms in total. The van der Waals surface area contributed by atoms with Gasteiger partial charge in [0, 0.05) is 38.4 Å². The zero-order valence-corrected chi connectivity index (χ0v) is 28.0. The fourth-order valence-corrected chi connectivity index (χ4v) is 7.92. The van der Waals surface area contributed by atoms with Crippen LogP contribution < -0.4 is 0 Å². The van der Waals surface area contributed by atoms with Crippen LogP contribution in [0, 0.1) is 0 Å². The Balaban J connectivity index is 1.22. The van der Waals surface area contributed by atoms with E-state index in [9.17, 15) is 0 Å². The van der Waals surface area contributed by atoms with Gasteiger partial charge in [0.1, 0.15) is 11.2 Å². The number of nitrogens with zero attached hydrogens (tertiary/aromatic N) is 5. The molecule has 0 amide bonds. The van der Waals surface area contributed by atoms with E-state index in [4.69, 9.17) is 15.0 Å². The van der Waals surface area contributed by atoms with Crippen LogP contribution in [0.25, 0.3) is 99.8 Å². The number of fused-ring (bicyclic) bond motifs is 11. The lowest BCUT2D eigenvalue weighted by Gasteiger charge is -2.15. The van der Waals surface area contributed by atoms with Gasteiger partial charge >= 0.3 is 0 Å². The predicted octanol–water partition coefficient (Wildman–Crippen LogP) is 11.7. The third-order valence-electron chi connectivity index (χ3n) is 10.3. The molecule has 52 heavy (non-hydrogen) atoms. The standard InChI is InChI=1S/C47H29N5/c1-4-14-30(15-5-1)43-45-44(50-46(49-43)31-16-6-2-7-17-31)36-26-24-32(29-38(36)47-48-39-21-11-13-23-42(39)52(45)47)33-25-27-41-37(28-33)35-20-10-12-22-40(35)51(41)34-18-8-3-9-19-34/h1-29H. The van der Waals surface area contributed by atoms with Gasteiger partial charge in [0.15, 0.2) is 5.82 Å². The Kier molecular flexibility index (Phi) is 6.18. The zero-order valence-electron chi connectivity index (χ0n) is 28.0. The quantitative estimate of drug-likeness (QED) is 0.176. The Morgan fingerprint density at radius 1 is 0.385 bits per heavy atom. The fourth-order valence-electron chi connectivity index (χ4n) is 7.92. The fraction of sp³-hybridized carbons (Fsp3) is 0. The Morgan fingerprint density at radius 3 is 1.79 bits per heavy atom. The largest absolute Gasteiger partial charge is 0.309 e. The maximum absolute atomic E-state index is 5.34. The summed E-state index contributed by atoms with van der Waals surface area (Å²) >= 11 is 0. The number of para-hydroxylation sites is 4. The van der Waals surface area contributed by atoms with Gasteiger partial charge in [0.25, 0.3) is 0 Å². The third-order valence-corrected chi connectivity index (χ3v) is 10.3. The highest BCUT2D eigenvalue weighted by molar-refractivity contribution is 6.16. The summed E-state index contributed by atoms with van der Waals surface area (Å²) in [6, 6.07) is 61.9. The van der Waals surface area contributed by atoms with Gasteiger partial charge in [-0.2, -0.15) is 0 Å². The molecular weight excluding hydrogens is 635 g/mol. The van der Waals surface area contributed by atoms with Gasteiger partial charge in [-0.1, -0.05) is 127 Å². The van der Waals surface area contributed by atoms with E-state index in [1.807, 2.05) is 30.3 Å². The monoisotopic (exact) mass is 663 g/mol. The van der Waals surface area contributed by atoms with E-state index in [2.05, 4.69) is 155 Å². The van der Waals surface area contributed by atoms with Gasteiger partial charge in [-0.15, -0.1) is 0 Å². The second kappa shape index (κ2) is 11.2. The number of pyridine rings is 1. The van der Waals surface area contributed by atoms with Crippen molar-refractivity contribution in [3.8, 4) is 39.5 Å². The molecule has 0 aliphatic heterocycles. The van der Waals surface area contributed by atoms with Gasteiger partial charge in [0.2, 0.25) is 0 Å². The second-order valence-corrected chi connectivity index (χ2v) is 13.3. The molecule has 5 heteroatoms. The molecule has 0 bridgehead atoms. The number of benzene rings is 7. The van der Waals surface area contributed by atoms with Crippen LogP contribution in [0.2, 0.25) is 0 Å². The van der Waals surface area contributed by atoms with E-state index >= 15 is 0 Å². The molecule has 0 spiro atoms. The van der Waals surface area contributed by atoms with Crippen LogP contribution >= 0.6 is 0 Å². The molecule has 0 unspecified atom stereocenters. The van der Waals surface area contributed by atoms with Gasteiger partial charge in [-0.3, -0.25) is 4.40 Å². The molecule has 0 aliphatic rings. The molecule has 0 radical (unpaired) electrons. The molecule has 7 aromatic carbocycles. The van der Waals surface area contributed by atoms with Crippen molar-refractivity contribution >= 4 is 60.3 Å². The number of imidazole rings is 1. The van der Waals surface area contributed by atoms with E-state index in [0.717, 1.165) is 72.1 Å². The highest BCUT2D eigenvalue weighted by Crippen LogP contribution is 2.40. The number of hydrogen-bond acceptors (Lipinski definition) is 3. The molecule has 0 atom stereocenters. The normalized spacial score (nSPS) is 11.8. The van der Waals surface area contributed by atoms with Gasteiger partial charge in [-0.25, -0.2) is 15.0 Å². The van der Waals surface area contributed by atoms with Gasteiger partial charge in [-0.05, 0) is 59.7 Å². The van der Waals surface area contributed by atoms with Crippen LogP contribution in [0.3, 0.4) is 0 Å². The molecule has 0 aliphatic carbocycles. The Bertz CT molecular complexity index is 3160. The summed E-state index contributed by atoms with van der Waals surface area (Å²) in [6.45, 7) is 0. The van der Waals surface area contributed by atoms with Crippen molar-refractivity contribution in [3.63, 3.8) is 0 Å². The zero-order chi connectivity index (χ0) is 34.2. The molecule has 0 N–H and O–H groups in total. The summed E-state index contributed by atoms with van der Waals surface area (Å²) in [5.41, 5.74) is 13.4. The third kappa shape index (κ3) is 4.26. The first-order valence-electron chi connectivity index (χ1n) is 17.5. The Hall–Kier alpha value is -7.11. The average molecular weight is 664 g/mol. The average Bonchev–Trinajstić information content (AvgIpc) is 3.77. The van der Waals surface area contributed by atoms with Crippen molar-refractivity contribution < 1.29 is 0 Å². The summed E-state index contributed by atoms with van der Waals surface area (Å²) in [5.74, 6) is 0.696. The highest BCUT2D eigenvalue weighted by Gasteiger charge is 2.21. The molecule has 242 valence electrons. The van der Waals surface area contributed by atoms with Crippen LogP contribution in [0.5, 0.6) is 0 Å². The minimum atomic E-state index is 0.696. The molecule has 0 saturated carbocycles. The van der Waals surface area contributed by atoms with Crippen LogP contribution in [0.15, 0.2) is 176 Å². The summed E-state index contributed by atoms with van der Waals surface area (Å²) < 4.78 is 4.62. The van der Waals surface area contributed by atoms with Crippen molar-refractivity contribution in [2.75, 3.05) is 0 Å². The molecule has 11 aromatic rings. The second-order valence-electron chi connectivity index (χ2n) is 13.3. The number of rotatable bonds is 4. The van der Waals surface area contributed by atoms with E-state index in [-0.39, 0.29) is 0 Å². The minimum absolute atomic E-state index is 0.696. The lowest BCUT2D eigenvalue weighted by atomic mass is 9.98. The van der Waals surface area contributed by atoms with Crippen molar-refractivity contribution in [2.45, 2.75) is 0 Å². The maximum Gasteiger partial charge on any atom is 0.160 e. The SMILES string of the molecule is c1ccc(-c2nc(-c3ccccc3)c3c(n2)c2ccc(-c4ccc5c(c4)c4ccccc4n5-c4ccccc4)cc2c2nc4ccccc4n23)cc1. The van der Waals surface area contributed by atoms with Crippen molar-refractivity contribution in [3.05, 3.63) is 176 Å². The topological polar surface area (TPSA) is 48.0 Å². The molecule has 0 saturated heterocycles. The lowest BCUT2D eigenvalue weighted by Crippen LogP contribution is -2.01. The van der Waals surface area contributed by atoms with E-state index in [1.54, 1.807) is 0 Å². The minimum Gasteiger partial charge on any atom is -0.309 e. The Labute approximate surface area is 298 Å². The first-order valence-corrected chi connectivity index (χ1v) is 17.5. The molecule has 4 heterocycles. The maximum atomic E-state index is 5.34. The number of hydrogen-bond donors (Lipinski definition) is 0. The van der Waals surface area contributed by atoms with E-state index < -0.39 is 0 Å². The predicted molar refractivity (Wildman–Crippen MR) is 214 cm³/mol. The van der Waals surface area contributed by atoms with Crippen LogP contribution in [0.1, 0.15) is 0 Å². The summed E-state index contributed by atoms with van der Waals surface area (Å²) in [7, 11) is 0. The van der Waals surface area contributed by atoms with E-state index in [0.29, 0.717) is 5.82 Å². The van der Waals surface area contributed by atoms with Crippen molar-refractivity contribution in [2.24, 2.45) is 0 Å². The Morgan fingerprint density at radius 2 is 1.00 bits per heavy atom. The molecule has 0 fully saturated rings. The summed E-state index contributed by atoms with van der Waals surface area (Å²) in [4.78, 5) is 15.9. The van der Waals surface area contributed by atoms with Crippen LogP contribution in [0.4, 0.5) is 0 Å².